The molecule has 0 fully saturated rings. The molecule has 0 spiro atoms. The number of hydrogen-bond acceptors (Lipinski definition) is 4. The molecule has 0 aromatic heterocycles. The van der Waals surface area contributed by atoms with Crippen LogP contribution < -0.4 is 5.32 Å². The minimum absolute atomic E-state index is 0.242. The minimum Gasteiger partial charge on any atom is -0.306 e. The van der Waals surface area contributed by atoms with E-state index in [0.29, 0.717) is 21.4 Å². The van der Waals surface area contributed by atoms with Gasteiger partial charge in [0.1, 0.15) is 0 Å². The number of hydrogen-bond donors (Lipinski definition) is 1. The van der Waals surface area contributed by atoms with Gasteiger partial charge < -0.3 is 5.32 Å². The maximum absolute atomic E-state index is 12.7. The van der Waals surface area contributed by atoms with Gasteiger partial charge in [0.05, 0.1) is 12.3 Å². The fraction of sp³-hybridized carbons (Fsp3) is 0.300. The molecule has 0 aliphatic carbocycles. The molecule has 152 valence electrons. The standard InChI is InChI=1S/C20H20Cl2N4O3/c1-20(2,26(28)29)11-14-12-25(19(27)23-17-9-7-16(22)8-10-17)24-18(14)13-3-5-15(21)6-4-13/h3-10,14H,11-12H2,1-2H3,(H,23,27). The maximum atomic E-state index is 12.7. The summed E-state index contributed by atoms with van der Waals surface area (Å²) in [4.78, 5) is 23.8. The lowest BCUT2D eigenvalue weighted by Gasteiger charge is -2.21. The molecule has 9 heteroatoms. The van der Waals surface area contributed by atoms with E-state index in [9.17, 15) is 14.9 Å². The van der Waals surface area contributed by atoms with Crippen LogP contribution in [0.3, 0.4) is 0 Å². The van der Waals surface area contributed by atoms with Crippen molar-refractivity contribution in [3.8, 4) is 0 Å². The highest BCUT2D eigenvalue weighted by atomic mass is 35.5. The first-order valence-corrected chi connectivity index (χ1v) is 9.74. The van der Waals surface area contributed by atoms with E-state index in [0.717, 1.165) is 5.56 Å². The summed E-state index contributed by atoms with van der Waals surface area (Å²) in [6, 6.07) is 13.4. The van der Waals surface area contributed by atoms with Gasteiger partial charge in [0.25, 0.3) is 0 Å². The third-order valence-corrected chi connectivity index (χ3v) is 5.22. The Morgan fingerprint density at radius 1 is 1.17 bits per heavy atom. The zero-order valence-electron chi connectivity index (χ0n) is 15.9. The Balaban J connectivity index is 1.85. The van der Waals surface area contributed by atoms with Crippen molar-refractivity contribution in [1.82, 2.24) is 5.01 Å². The second-order valence-corrected chi connectivity index (χ2v) is 8.35. The number of rotatable bonds is 5. The van der Waals surface area contributed by atoms with Crippen molar-refractivity contribution < 1.29 is 9.72 Å². The molecular formula is C20H20Cl2N4O3. The smallest absolute Gasteiger partial charge is 0.306 e. The molecule has 0 saturated heterocycles. The average Bonchev–Trinajstić information content (AvgIpc) is 3.07. The van der Waals surface area contributed by atoms with Crippen LogP contribution in [-0.2, 0) is 0 Å². The predicted octanol–water partition coefficient (Wildman–Crippen LogP) is 5.31. The van der Waals surface area contributed by atoms with Crippen molar-refractivity contribution in [2.75, 3.05) is 11.9 Å². The Labute approximate surface area is 178 Å². The van der Waals surface area contributed by atoms with E-state index in [1.807, 2.05) is 0 Å². The molecule has 0 radical (unpaired) electrons. The lowest BCUT2D eigenvalue weighted by Crippen LogP contribution is -2.37. The van der Waals surface area contributed by atoms with Gasteiger partial charge in [-0.25, -0.2) is 9.80 Å². The maximum Gasteiger partial charge on any atom is 0.342 e. The molecule has 3 rings (SSSR count). The van der Waals surface area contributed by atoms with E-state index in [1.165, 1.54) is 5.01 Å². The predicted molar refractivity (Wildman–Crippen MR) is 114 cm³/mol. The molecule has 2 aromatic rings. The molecule has 29 heavy (non-hydrogen) atoms. The Morgan fingerprint density at radius 3 is 2.28 bits per heavy atom. The van der Waals surface area contributed by atoms with Gasteiger partial charge in [-0.2, -0.15) is 5.10 Å². The van der Waals surface area contributed by atoms with Crippen molar-refractivity contribution in [2.45, 2.75) is 25.8 Å². The van der Waals surface area contributed by atoms with Crippen LogP contribution in [0.2, 0.25) is 10.0 Å². The molecule has 2 amide bonds. The van der Waals surface area contributed by atoms with Crippen LogP contribution in [0.25, 0.3) is 0 Å². The van der Waals surface area contributed by atoms with Gasteiger partial charge in [0, 0.05) is 46.8 Å². The fourth-order valence-corrected chi connectivity index (χ4v) is 3.40. The van der Waals surface area contributed by atoms with Crippen molar-refractivity contribution in [3.63, 3.8) is 0 Å². The molecule has 1 aliphatic rings. The molecular weight excluding hydrogens is 415 g/mol. The van der Waals surface area contributed by atoms with Crippen LogP contribution in [-0.4, -0.2) is 33.8 Å². The van der Waals surface area contributed by atoms with Crippen LogP contribution in [0.1, 0.15) is 25.8 Å². The third-order valence-electron chi connectivity index (χ3n) is 4.72. The first-order chi connectivity index (χ1) is 13.7. The zero-order chi connectivity index (χ0) is 21.2. The number of hydrazone groups is 1. The van der Waals surface area contributed by atoms with Crippen LogP contribution in [0.15, 0.2) is 53.6 Å². The number of nitro groups is 1. The van der Waals surface area contributed by atoms with Gasteiger partial charge in [-0.1, -0.05) is 35.3 Å². The first kappa shape index (κ1) is 21.1. The Morgan fingerprint density at radius 2 is 1.72 bits per heavy atom. The number of benzene rings is 2. The van der Waals surface area contributed by atoms with E-state index in [-0.39, 0.29) is 23.8 Å². The van der Waals surface area contributed by atoms with E-state index < -0.39 is 11.6 Å². The minimum atomic E-state index is -1.15. The molecule has 2 aromatic carbocycles. The van der Waals surface area contributed by atoms with Gasteiger partial charge in [-0.05, 0) is 42.0 Å². The van der Waals surface area contributed by atoms with E-state index in [2.05, 4.69) is 10.4 Å². The average molecular weight is 435 g/mol. The van der Waals surface area contributed by atoms with Crippen LogP contribution in [0, 0.1) is 16.0 Å². The highest BCUT2D eigenvalue weighted by molar-refractivity contribution is 6.31. The van der Waals surface area contributed by atoms with Crippen LogP contribution in [0.4, 0.5) is 10.5 Å². The number of nitrogens with zero attached hydrogens (tertiary/aromatic N) is 3. The summed E-state index contributed by atoms with van der Waals surface area (Å²) in [6.07, 6.45) is 0.242. The summed E-state index contributed by atoms with van der Waals surface area (Å²) in [5.74, 6) is -0.285. The Bertz CT molecular complexity index is 943. The first-order valence-electron chi connectivity index (χ1n) is 8.99. The van der Waals surface area contributed by atoms with Gasteiger partial charge in [-0.15, -0.1) is 0 Å². The second kappa shape index (κ2) is 8.39. The zero-order valence-corrected chi connectivity index (χ0v) is 17.4. The van der Waals surface area contributed by atoms with Crippen LogP contribution >= 0.6 is 23.2 Å². The van der Waals surface area contributed by atoms with Crippen molar-refractivity contribution >= 4 is 40.6 Å². The normalized spacial score (nSPS) is 16.5. The van der Waals surface area contributed by atoms with E-state index >= 15 is 0 Å². The topological polar surface area (TPSA) is 87.8 Å². The van der Waals surface area contributed by atoms with Gasteiger partial charge >= 0.3 is 6.03 Å². The summed E-state index contributed by atoms with van der Waals surface area (Å²) in [7, 11) is 0. The molecule has 1 atom stereocenters. The molecule has 7 nitrogen and oxygen atoms in total. The van der Waals surface area contributed by atoms with Crippen molar-refractivity contribution in [2.24, 2.45) is 11.0 Å². The number of nitrogens with one attached hydrogen (secondary N) is 1. The third kappa shape index (κ3) is 5.05. The fourth-order valence-electron chi connectivity index (χ4n) is 3.15. The van der Waals surface area contributed by atoms with Gasteiger partial charge in [-0.3, -0.25) is 10.1 Å². The van der Waals surface area contributed by atoms with Crippen LogP contribution in [0.5, 0.6) is 0 Å². The summed E-state index contributed by atoms with van der Waals surface area (Å²) in [5.41, 5.74) is 0.834. The lowest BCUT2D eigenvalue weighted by atomic mass is 9.86. The highest BCUT2D eigenvalue weighted by Gasteiger charge is 2.40. The van der Waals surface area contributed by atoms with E-state index in [1.54, 1.807) is 62.4 Å². The number of urea groups is 1. The number of carbonyl (C=O) groups excluding carboxylic acids is 1. The number of amides is 2. The SMILES string of the molecule is CC(C)(CC1CN(C(=O)Nc2ccc(Cl)cc2)N=C1c1ccc(Cl)cc1)[N+](=O)[O-]. The number of anilines is 1. The monoisotopic (exact) mass is 434 g/mol. The quantitative estimate of drug-likeness (QED) is 0.510. The largest absolute Gasteiger partial charge is 0.342 e. The number of halogens is 2. The lowest BCUT2D eigenvalue weighted by molar-refractivity contribution is -0.562. The highest BCUT2D eigenvalue weighted by Crippen LogP contribution is 2.29. The van der Waals surface area contributed by atoms with Gasteiger partial charge in [0.2, 0.25) is 5.54 Å². The Hall–Kier alpha value is -2.64. The Kier molecular flexibility index (Phi) is 6.10. The summed E-state index contributed by atoms with van der Waals surface area (Å²) < 4.78 is 0. The van der Waals surface area contributed by atoms with Crippen molar-refractivity contribution in [1.29, 1.82) is 0 Å². The van der Waals surface area contributed by atoms with Gasteiger partial charge in [0.15, 0.2) is 0 Å². The molecule has 0 bridgehead atoms. The second-order valence-electron chi connectivity index (χ2n) is 7.48. The molecule has 1 N–H and O–H groups in total. The summed E-state index contributed by atoms with van der Waals surface area (Å²) in [5, 5.41) is 21.1. The summed E-state index contributed by atoms with van der Waals surface area (Å²) in [6.45, 7) is 3.39. The van der Waals surface area contributed by atoms with E-state index in [4.69, 9.17) is 23.2 Å². The molecule has 0 saturated carbocycles. The summed E-state index contributed by atoms with van der Waals surface area (Å²) >= 11 is 11.8. The number of carbonyl (C=O) groups is 1. The molecule has 1 unspecified atom stereocenters. The molecule has 1 aliphatic heterocycles. The molecule has 1 heterocycles. The van der Waals surface area contributed by atoms with Crippen molar-refractivity contribution in [3.05, 3.63) is 74.3 Å².